The highest BCUT2D eigenvalue weighted by Gasteiger charge is 2.06. The van der Waals surface area contributed by atoms with Crippen LogP contribution in [0.2, 0.25) is 0 Å². The van der Waals surface area contributed by atoms with E-state index in [9.17, 15) is 0 Å². The maximum atomic E-state index is 5.81. The third-order valence-electron chi connectivity index (χ3n) is 2.18. The maximum absolute atomic E-state index is 5.81. The molecule has 0 aliphatic carbocycles. The summed E-state index contributed by atoms with van der Waals surface area (Å²) < 4.78 is 4.96. The second kappa shape index (κ2) is 4.91. The van der Waals surface area contributed by atoms with Crippen LogP contribution in [0.15, 0.2) is 0 Å². The number of anilines is 1. The first-order valence-corrected chi connectivity index (χ1v) is 4.79. The van der Waals surface area contributed by atoms with Crippen molar-refractivity contribution >= 4 is 5.82 Å². The van der Waals surface area contributed by atoms with Crippen LogP contribution >= 0.6 is 0 Å². The predicted octanol–water partition coefficient (Wildman–Crippen LogP) is 1.12. The summed E-state index contributed by atoms with van der Waals surface area (Å²) in [6.45, 7) is 4.65. The summed E-state index contributed by atoms with van der Waals surface area (Å²) in [5.74, 6) is 1.37. The van der Waals surface area contributed by atoms with Gasteiger partial charge in [-0.25, -0.2) is 9.97 Å². The summed E-state index contributed by atoms with van der Waals surface area (Å²) in [5.41, 5.74) is 7.84. The lowest BCUT2D eigenvalue weighted by Gasteiger charge is -2.08. The fraction of sp³-hybridized carbons (Fsp3) is 0.600. The average molecular weight is 195 g/mol. The van der Waals surface area contributed by atoms with Crippen molar-refractivity contribution in [2.75, 3.05) is 19.5 Å². The van der Waals surface area contributed by atoms with E-state index in [1.807, 2.05) is 6.92 Å². The van der Waals surface area contributed by atoms with Gasteiger partial charge >= 0.3 is 0 Å². The first kappa shape index (κ1) is 10.9. The van der Waals surface area contributed by atoms with Gasteiger partial charge in [0, 0.05) is 24.8 Å². The lowest BCUT2D eigenvalue weighted by atomic mass is 10.1. The van der Waals surface area contributed by atoms with Crippen molar-refractivity contribution in [1.29, 1.82) is 0 Å². The Labute approximate surface area is 84.5 Å². The average Bonchev–Trinajstić information content (AvgIpc) is 2.14. The third-order valence-corrected chi connectivity index (χ3v) is 2.18. The molecule has 2 N–H and O–H groups in total. The normalized spacial score (nSPS) is 10.5. The molecule has 1 heterocycles. The Kier molecular flexibility index (Phi) is 3.83. The van der Waals surface area contributed by atoms with Gasteiger partial charge < -0.3 is 10.5 Å². The zero-order valence-electron chi connectivity index (χ0n) is 9.00. The standard InChI is InChI=1S/C10H17N3O/c1-4-8-7(2)12-9(5-6-14-3)13-10(8)11/h4-6H2,1-3H3,(H2,11,12,13). The Bertz CT molecular complexity index is 289. The molecule has 0 aliphatic rings. The summed E-state index contributed by atoms with van der Waals surface area (Å²) in [4.78, 5) is 8.60. The van der Waals surface area contributed by atoms with Crippen LogP contribution in [0.3, 0.4) is 0 Å². The summed E-state index contributed by atoms with van der Waals surface area (Å²) in [6.07, 6.45) is 1.59. The number of hydrogen-bond acceptors (Lipinski definition) is 4. The molecule has 0 spiro atoms. The summed E-state index contributed by atoms with van der Waals surface area (Å²) in [5, 5.41) is 0. The van der Waals surface area contributed by atoms with Crippen LogP contribution in [0.4, 0.5) is 5.82 Å². The third kappa shape index (κ3) is 2.42. The van der Waals surface area contributed by atoms with E-state index in [2.05, 4.69) is 16.9 Å². The number of aryl methyl sites for hydroxylation is 1. The van der Waals surface area contributed by atoms with Crippen molar-refractivity contribution in [3.8, 4) is 0 Å². The van der Waals surface area contributed by atoms with Gasteiger partial charge in [-0.15, -0.1) is 0 Å². The number of aromatic nitrogens is 2. The van der Waals surface area contributed by atoms with E-state index in [4.69, 9.17) is 10.5 Å². The molecular formula is C10H17N3O. The molecule has 0 amide bonds. The highest BCUT2D eigenvalue weighted by molar-refractivity contribution is 5.41. The molecule has 0 unspecified atom stereocenters. The smallest absolute Gasteiger partial charge is 0.133 e. The monoisotopic (exact) mass is 195 g/mol. The van der Waals surface area contributed by atoms with E-state index >= 15 is 0 Å². The number of nitrogens with two attached hydrogens (primary N) is 1. The number of nitrogen functional groups attached to an aromatic ring is 1. The Morgan fingerprint density at radius 1 is 1.36 bits per heavy atom. The highest BCUT2D eigenvalue weighted by atomic mass is 16.5. The van der Waals surface area contributed by atoms with Gasteiger partial charge in [-0.3, -0.25) is 0 Å². The van der Waals surface area contributed by atoms with E-state index in [0.29, 0.717) is 18.8 Å². The van der Waals surface area contributed by atoms with Gasteiger partial charge in [-0.1, -0.05) is 6.92 Å². The molecule has 1 aromatic rings. The molecule has 4 nitrogen and oxygen atoms in total. The van der Waals surface area contributed by atoms with Crippen LogP contribution in [0.1, 0.15) is 24.0 Å². The van der Waals surface area contributed by atoms with Gasteiger partial charge in [0.05, 0.1) is 6.61 Å². The van der Waals surface area contributed by atoms with Crippen molar-refractivity contribution in [1.82, 2.24) is 9.97 Å². The molecule has 0 aromatic carbocycles. The Hall–Kier alpha value is -1.16. The van der Waals surface area contributed by atoms with Crippen molar-refractivity contribution in [3.05, 3.63) is 17.1 Å². The molecule has 0 atom stereocenters. The maximum Gasteiger partial charge on any atom is 0.133 e. The molecule has 78 valence electrons. The van der Waals surface area contributed by atoms with E-state index in [1.165, 1.54) is 0 Å². The molecule has 1 rings (SSSR count). The zero-order valence-corrected chi connectivity index (χ0v) is 9.00. The fourth-order valence-corrected chi connectivity index (χ4v) is 1.42. The van der Waals surface area contributed by atoms with Gasteiger partial charge in [0.25, 0.3) is 0 Å². The molecule has 0 fully saturated rings. The van der Waals surface area contributed by atoms with Gasteiger partial charge in [-0.2, -0.15) is 0 Å². The molecule has 0 bridgehead atoms. The second-order valence-electron chi connectivity index (χ2n) is 3.19. The topological polar surface area (TPSA) is 61.0 Å². The van der Waals surface area contributed by atoms with Crippen LogP contribution in [0.5, 0.6) is 0 Å². The largest absolute Gasteiger partial charge is 0.384 e. The van der Waals surface area contributed by atoms with Crippen molar-refractivity contribution in [3.63, 3.8) is 0 Å². The molecule has 1 aromatic heterocycles. The number of methoxy groups -OCH3 is 1. The van der Waals surface area contributed by atoms with Crippen molar-refractivity contribution in [2.24, 2.45) is 0 Å². The lowest BCUT2D eigenvalue weighted by Crippen LogP contribution is -2.08. The SMILES string of the molecule is CCc1c(C)nc(CCOC)nc1N. The highest BCUT2D eigenvalue weighted by Crippen LogP contribution is 2.13. The summed E-state index contributed by atoms with van der Waals surface area (Å²) in [7, 11) is 1.66. The fourth-order valence-electron chi connectivity index (χ4n) is 1.42. The van der Waals surface area contributed by atoms with E-state index in [1.54, 1.807) is 7.11 Å². The molecule has 0 radical (unpaired) electrons. The Balaban J connectivity index is 2.90. The van der Waals surface area contributed by atoms with Crippen LogP contribution in [-0.2, 0) is 17.6 Å². The Morgan fingerprint density at radius 3 is 2.57 bits per heavy atom. The minimum absolute atomic E-state index is 0.603. The quantitative estimate of drug-likeness (QED) is 0.782. The molecule has 14 heavy (non-hydrogen) atoms. The molecule has 0 aliphatic heterocycles. The van der Waals surface area contributed by atoms with Crippen LogP contribution in [-0.4, -0.2) is 23.7 Å². The second-order valence-corrected chi connectivity index (χ2v) is 3.19. The zero-order chi connectivity index (χ0) is 10.6. The van der Waals surface area contributed by atoms with E-state index < -0.39 is 0 Å². The van der Waals surface area contributed by atoms with Gasteiger partial charge in [0.2, 0.25) is 0 Å². The number of hydrogen-bond donors (Lipinski definition) is 1. The van der Waals surface area contributed by atoms with Crippen LogP contribution in [0.25, 0.3) is 0 Å². The van der Waals surface area contributed by atoms with Crippen molar-refractivity contribution < 1.29 is 4.74 Å². The molecular weight excluding hydrogens is 178 g/mol. The molecule has 0 saturated heterocycles. The minimum Gasteiger partial charge on any atom is -0.384 e. The van der Waals surface area contributed by atoms with Gasteiger partial charge in [0.15, 0.2) is 0 Å². The Morgan fingerprint density at radius 2 is 2.07 bits per heavy atom. The minimum atomic E-state index is 0.603. The van der Waals surface area contributed by atoms with E-state index in [0.717, 1.165) is 23.5 Å². The molecule has 0 saturated carbocycles. The number of rotatable bonds is 4. The van der Waals surface area contributed by atoms with Gasteiger partial charge in [-0.05, 0) is 13.3 Å². The predicted molar refractivity (Wildman–Crippen MR) is 56.1 cm³/mol. The number of ether oxygens (including phenoxy) is 1. The summed E-state index contributed by atoms with van der Waals surface area (Å²) >= 11 is 0. The van der Waals surface area contributed by atoms with Gasteiger partial charge in [0.1, 0.15) is 11.6 Å². The summed E-state index contributed by atoms with van der Waals surface area (Å²) in [6, 6.07) is 0. The van der Waals surface area contributed by atoms with Crippen molar-refractivity contribution in [2.45, 2.75) is 26.7 Å². The lowest BCUT2D eigenvalue weighted by molar-refractivity contribution is 0.200. The van der Waals surface area contributed by atoms with Crippen LogP contribution < -0.4 is 5.73 Å². The van der Waals surface area contributed by atoms with E-state index in [-0.39, 0.29) is 0 Å². The first-order chi connectivity index (χ1) is 6.69. The van der Waals surface area contributed by atoms with Crippen LogP contribution in [0, 0.1) is 6.92 Å². The molecule has 4 heteroatoms. The number of nitrogens with zero attached hydrogens (tertiary/aromatic N) is 2. The first-order valence-electron chi connectivity index (χ1n) is 4.79.